The molecule has 6 heterocycles. The van der Waals surface area contributed by atoms with E-state index in [1.54, 1.807) is 18.0 Å². The van der Waals surface area contributed by atoms with E-state index in [1.807, 2.05) is 4.57 Å². The maximum Gasteiger partial charge on any atom is 0.282 e. The summed E-state index contributed by atoms with van der Waals surface area (Å²) < 4.78 is 49.5. The Labute approximate surface area is 238 Å². The summed E-state index contributed by atoms with van der Waals surface area (Å²) in [7, 11) is 0. The number of fused-ring (bicyclic) bond motifs is 3. The molecule has 1 atom stereocenters. The van der Waals surface area contributed by atoms with Crippen molar-refractivity contribution in [3.05, 3.63) is 63.8 Å². The van der Waals surface area contributed by atoms with Gasteiger partial charge in [-0.3, -0.25) is 14.6 Å². The summed E-state index contributed by atoms with van der Waals surface area (Å²) in [5.74, 6) is -2.70. The number of anilines is 1. The molecule has 41 heavy (non-hydrogen) atoms. The molecule has 3 aliphatic rings. The smallest absolute Gasteiger partial charge is 0.282 e. The Morgan fingerprint density at radius 2 is 1.95 bits per heavy atom. The van der Waals surface area contributed by atoms with Gasteiger partial charge >= 0.3 is 0 Å². The van der Waals surface area contributed by atoms with Gasteiger partial charge in [0.2, 0.25) is 5.91 Å². The maximum atomic E-state index is 15.4. The number of nitrogens with zero attached hydrogens (tertiary/aromatic N) is 7. The predicted molar refractivity (Wildman–Crippen MR) is 141 cm³/mol. The van der Waals surface area contributed by atoms with E-state index >= 15 is 4.39 Å². The van der Waals surface area contributed by atoms with Gasteiger partial charge in [-0.25, -0.2) is 23.1 Å². The summed E-state index contributed by atoms with van der Waals surface area (Å²) in [4.78, 5) is 43.5. The minimum Gasteiger partial charge on any atom is -0.481 e. The zero-order valence-corrected chi connectivity index (χ0v) is 23.2. The summed E-state index contributed by atoms with van der Waals surface area (Å²) in [5.41, 5.74) is 2.15. The molecule has 0 spiro atoms. The van der Waals surface area contributed by atoms with Gasteiger partial charge < -0.3 is 24.0 Å². The lowest BCUT2D eigenvalue weighted by atomic mass is 9.98. The Morgan fingerprint density at radius 1 is 1.17 bits per heavy atom. The van der Waals surface area contributed by atoms with Crippen molar-refractivity contribution in [3.63, 3.8) is 0 Å². The van der Waals surface area contributed by atoms with Gasteiger partial charge in [0.1, 0.15) is 29.2 Å². The Bertz CT molecular complexity index is 1540. The lowest BCUT2D eigenvalue weighted by molar-refractivity contribution is -0.135. The molecule has 14 heteroatoms. The van der Waals surface area contributed by atoms with Crippen LogP contribution in [0.15, 0.2) is 24.4 Å². The van der Waals surface area contributed by atoms with E-state index in [9.17, 15) is 18.4 Å². The molecule has 3 aromatic heterocycles. The number of rotatable bonds is 5. The number of aryl methyl sites for hydroxylation is 1. The zero-order valence-electron chi connectivity index (χ0n) is 22.4. The van der Waals surface area contributed by atoms with Crippen LogP contribution >= 0.6 is 11.6 Å². The molecule has 1 unspecified atom stereocenters. The van der Waals surface area contributed by atoms with Gasteiger partial charge in [0.05, 0.1) is 31.0 Å². The number of hydrogen-bond donors (Lipinski definition) is 0. The molecule has 6 rings (SSSR count). The highest BCUT2D eigenvalue weighted by Crippen LogP contribution is 2.38. The van der Waals surface area contributed by atoms with E-state index in [0.717, 1.165) is 5.69 Å². The fourth-order valence-corrected chi connectivity index (χ4v) is 5.76. The number of hydrogen-bond acceptors (Lipinski definition) is 7. The van der Waals surface area contributed by atoms with Crippen molar-refractivity contribution in [3.8, 4) is 5.75 Å². The van der Waals surface area contributed by atoms with Gasteiger partial charge in [-0.05, 0) is 30.7 Å². The lowest BCUT2D eigenvalue weighted by Gasteiger charge is -2.39. The third-order valence-corrected chi connectivity index (χ3v) is 7.87. The number of halogens is 4. The fraction of sp³-hybridized carbons (Fsp3) is 0.444. The quantitative estimate of drug-likeness (QED) is 0.422. The standard InChI is InChI=1S/C27H27ClF3N7O3/c1-15-9-17(29)23(32-10-15)25-24-18(33-21-11-35(16(2)39)7-8-37(21)24)5-6-38(25)22(40)12-41-19-3-4-20(34-26(19)28)36-13-27(30,31)14-36/h3-4,9-10,25H,5-8,11-14H2,1-2H3. The molecule has 0 aromatic carbocycles. The first-order chi connectivity index (χ1) is 19.5. The minimum atomic E-state index is -2.76. The third kappa shape index (κ3) is 5.07. The van der Waals surface area contributed by atoms with Crippen LogP contribution in [0.4, 0.5) is 19.0 Å². The summed E-state index contributed by atoms with van der Waals surface area (Å²) in [6.45, 7) is 3.43. The third-order valence-electron chi connectivity index (χ3n) is 7.60. The molecule has 0 N–H and O–H groups in total. The zero-order chi connectivity index (χ0) is 29.1. The van der Waals surface area contributed by atoms with Crippen LogP contribution in [0.25, 0.3) is 0 Å². The van der Waals surface area contributed by atoms with Crippen LogP contribution in [-0.2, 0) is 29.1 Å². The van der Waals surface area contributed by atoms with Crippen molar-refractivity contribution in [1.29, 1.82) is 0 Å². The van der Waals surface area contributed by atoms with E-state index in [4.69, 9.17) is 21.3 Å². The highest BCUT2D eigenvalue weighted by Gasteiger charge is 2.45. The number of carbonyl (C=O) groups excluding carboxylic acids is 2. The van der Waals surface area contributed by atoms with Crippen molar-refractivity contribution in [2.45, 2.75) is 45.3 Å². The monoisotopic (exact) mass is 589 g/mol. The Morgan fingerprint density at radius 3 is 2.63 bits per heavy atom. The lowest BCUT2D eigenvalue weighted by Crippen LogP contribution is -2.56. The van der Waals surface area contributed by atoms with E-state index in [-0.39, 0.29) is 34.9 Å². The largest absolute Gasteiger partial charge is 0.481 e. The van der Waals surface area contributed by atoms with Gasteiger partial charge in [-0.15, -0.1) is 0 Å². The van der Waals surface area contributed by atoms with Crippen LogP contribution in [0, 0.1) is 12.7 Å². The molecule has 0 radical (unpaired) electrons. The van der Waals surface area contributed by atoms with Gasteiger partial charge in [0.15, 0.2) is 17.5 Å². The molecular formula is C27H27ClF3N7O3. The molecule has 0 aliphatic carbocycles. The number of ether oxygens (including phenoxy) is 1. The predicted octanol–water partition coefficient (Wildman–Crippen LogP) is 3.14. The van der Waals surface area contributed by atoms with Gasteiger partial charge in [-0.2, -0.15) is 0 Å². The van der Waals surface area contributed by atoms with Crippen LogP contribution in [-0.4, -0.2) is 79.8 Å². The topological polar surface area (TPSA) is 96.7 Å². The van der Waals surface area contributed by atoms with Crippen LogP contribution in [0.2, 0.25) is 5.15 Å². The van der Waals surface area contributed by atoms with Gasteiger partial charge in [0.25, 0.3) is 11.8 Å². The summed E-state index contributed by atoms with van der Waals surface area (Å²) in [5, 5.41) is -0.0610. The highest BCUT2D eigenvalue weighted by molar-refractivity contribution is 6.31. The minimum absolute atomic E-state index is 0.0574. The second-order valence-electron chi connectivity index (χ2n) is 10.5. The number of amides is 2. The molecule has 3 aliphatic heterocycles. The van der Waals surface area contributed by atoms with Crippen LogP contribution in [0.1, 0.15) is 41.4 Å². The Balaban J connectivity index is 1.26. The first kappa shape index (κ1) is 27.3. The Hall–Kier alpha value is -3.87. The molecule has 10 nitrogen and oxygen atoms in total. The molecule has 1 saturated heterocycles. The van der Waals surface area contributed by atoms with Crippen molar-refractivity contribution >= 4 is 29.2 Å². The number of carbonyl (C=O) groups is 2. The average molecular weight is 590 g/mol. The Kier molecular flexibility index (Phi) is 6.79. The summed E-state index contributed by atoms with van der Waals surface area (Å²) in [6.07, 6.45) is 1.99. The second kappa shape index (κ2) is 10.2. The van der Waals surface area contributed by atoms with Crippen molar-refractivity contribution in [1.82, 2.24) is 29.3 Å². The van der Waals surface area contributed by atoms with Crippen LogP contribution in [0.5, 0.6) is 5.75 Å². The van der Waals surface area contributed by atoms with Crippen molar-refractivity contribution in [2.75, 3.05) is 37.7 Å². The van der Waals surface area contributed by atoms with Gasteiger partial charge in [-0.1, -0.05) is 11.6 Å². The number of imidazole rings is 1. The van der Waals surface area contributed by atoms with E-state index < -0.39 is 43.4 Å². The molecular weight excluding hydrogens is 563 g/mol. The van der Waals surface area contributed by atoms with Gasteiger partial charge in [0, 0.05) is 39.2 Å². The van der Waals surface area contributed by atoms with E-state index in [0.29, 0.717) is 43.1 Å². The SMILES string of the molecule is CC(=O)N1CCn2c(nc3c2C(c2ncc(C)cc2F)N(C(=O)COc2ccc(N4CC(F)(F)C4)nc2Cl)CC3)C1. The fourth-order valence-electron chi connectivity index (χ4n) is 5.55. The molecule has 3 aromatic rings. The summed E-state index contributed by atoms with van der Waals surface area (Å²) >= 11 is 6.25. The normalized spacial score (nSPS) is 19.4. The average Bonchev–Trinajstić information content (AvgIpc) is 3.28. The molecule has 216 valence electrons. The molecule has 0 bridgehead atoms. The number of pyridine rings is 2. The maximum absolute atomic E-state index is 15.4. The van der Waals surface area contributed by atoms with Crippen molar-refractivity contribution in [2.24, 2.45) is 0 Å². The van der Waals surface area contributed by atoms with Crippen molar-refractivity contribution < 1.29 is 27.5 Å². The first-order valence-corrected chi connectivity index (χ1v) is 13.6. The van der Waals surface area contributed by atoms with Crippen LogP contribution < -0.4 is 9.64 Å². The highest BCUT2D eigenvalue weighted by atomic mass is 35.5. The van der Waals surface area contributed by atoms with Crippen LogP contribution in [0.3, 0.4) is 0 Å². The number of aromatic nitrogens is 4. The summed E-state index contributed by atoms with van der Waals surface area (Å²) in [6, 6.07) is 3.51. The number of alkyl halides is 2. The molecule has 2 amide bonds. The van der Waals surface area contributed by atoms with E-state index in [1.165, 1.54) is 34.9 Å². The molecule has 0 saturated carbocycles. The van der Waals surface area contributed by atoms with E-state index in [2.05, 4.69) is 9.97 Å². The first-order valence-electron chi connectivity index (χ1n) is 13.2. The molecule has 1 fully saturated rings. The second-order valence-corrected chi connectivity index (χ2v) is 10.9.